The molecule has 3 rings (SSSR count). The van der Waals surface area contributed by atoms with E-state index in [1.54, 1.807) is 37.3 Å². The van der Waals surface area contributed by atoms with Gasteiger partial charge in [-0.25, -0.2) is 13.8 Å². The largest absolute Gasteiger partial charge is 0.490 e. The van der Waals surface area contributed by atoms with Gasteiger partial charge in [0.25, 0.3) is 15.9 Å². The zero-order valence-corrected chi connectivity index (χ0v) is 20.2. The quantitative estimate of drug-likeness (QED) is 0.274. The predicted molar refractivity (Wildman–Crippen MR) is 132 cm³/mol. The van der Waals surface area contributed by atoms with Gasteiger partial charge in [-0.05, 0) is 49.7 Å². The second-order valence-electron chi connectivity index (χ2n) is 7.60. The zero-order valence-electron chi connectivity index (χ0n) is 19.3. The third-order valence-corrected chi connectivity index (χ3v) is 6.82. The number of anilines is 1. The molecule has 35 heavy (non-hydrogen) atoms. The number of nitro groups is 1. The van der Waals surface area contributed by atoms with Crippen LogP contribution < -0.4 is 14.5 Å². The molecule has 1 amide bonds. The van der Waals surface area contributed by atoms with Crippen LogP contribution in [0.4, 0.5) is 11.4 Å². The lowest BCUT2D eigenvalue weighted by atomic mass is 10.1. The summed E-state index contributed by atoms with van der Waals surface area (Å²) in [5, 5.41) is 15.0. The molecule has 10 nitrogen and oxygen atoms in total. The van der Waals surface area contributed by atoms with Crippen LogP contribution in [0.25, 0.3) is 0 Å². The maximum Gasteiger partial charge on any atom is 0.311 e. The molecule has 0 bridgehead atoms. The molecule has 0 aromatic heterocycles. The van der Waals surface area contributed by atoms with Crippen LogP contribution in [0.3, 0.4) is 0 Å². The number of hydrogen-bond acceptors (Lipinski definition) is 7. The Labute approximate surface area is 203 Å². The van der Waals surface area contributed by atoms with Crippen molar-refractivity contribution in [2.45, 2.75) is 18.7 Å². The lowest BCUT2D eigenvalue weighted by molar-refractivity contribution is -0.385. The number of nitro benzene ring substituents is 1. The Morgan fingerprint density at radius 3 is 2.46 bits per heavy atom. The lowest BCUT2D eigenvalue weighted by Crippen LogP contribution is -2.40. The molecule has 11 heteroatoms. The number of benzene rings is 3. The first-order valence-corrected chi connectivity index (χ1v) is 11.9. The van der Waals surface area contributed by atoms with E-state index < -0.39 is 27.4 Å². The van der Waals surface area contributed by atoms with Crippen molar-refractivity contribution in [1.82, 2.24) is 5.43 Å². The summed E-state index contributed by atoms with van der Waals surface area (Å²) in [4.78, 5) is 23.3. The molecule has 0 aliphatic rings. The maximum absolute atomic E-state index is 13.4. The fourth-order valence-electron chi connectivity index (χ4n) is 3.38. The van der Waals surface area contributed by atoms with Gasteiger partial charge >= 0.3 is 5.69 Å². The molecular formula is C24H24N4O6S. The molecule has 0 heterocycles. The topological polar surface area (TPSA) is 131 Å². The van der Waals surface area contributed by atoms with E-state index in [9.17, 15) is 23.3 Å². The van der Waals surface area contributed by atoms with Crippen LogP contribution in [0.5, 0.6) is 5.75 Å². The van der Waals surface area contributed by atoms with Crippen molar-refractivity contribution in [2.24, 2.45) is 5.10 Å². The lowest BCUT2D eigenvalue weighted by Gasteiger charge is -2.25. The standard InChI is InChI=1S/C24H24N4O6S/c1-17-9-11-21(18(2)13-17)27(35(32,33)20-7-5-4-6-8-20)16-24(29)26-25-15-19-10-12-23(34-3)22(14-19)28(30)31/h4-15H,16H2,1-3H3,(H,26,29). The molecule has 3 aromatic rings. The summed E-state index contributed by atoms with van der Waals surface area (Å²) >= 11 is 0. The molecule has 0 aliphatic carbocycles. The highest BCUT2D eigenvalue weighted by Crippen LogP contribution is 2.28. The van der Waals surface area contributed by atoms with Gasteiger partial charge in [0.1, 0.15) is 6.54 Å². The van der Waals surface area contributed by atoms with E-state index in [-0.39, 0.29) is 16.3 Å². The van der Waals surface area contributed by atoms with Gasteiger partial charge in [0.2, 0.25) is 0 Å². The minimum atomic E-state index is -4.05. The van der Waals surface area contributed by atoms with Crippen LogP contribution in [0, 0.1) is 24.0 Å². The smallest absolute Gasteiger partial charge is 0.311 e. The Morgan fingerprint density at radius 1 is 1.11 bits per heavy atom. The second kappa shape index (κ2) is 10.8. The fourth-order valence-corrected chi connectivity index (χ4v) is 4.89. The van der Waals surface area contributed by atoms with Crippen molar-refractivity contribution in [3.05, 3.63) is 93.5 Å². The average Bonchev–Trinajstić information content (AvgIpc) is 2.83. The van der Waals surface area contributed by atoms with Crippen LogP contribution in [0.15, 0.2) is 76.7 Å². The van der Waals surface area contributed by atoms with Gasteiger partial charge in [-0.3, -0.25) is 19.2 Å². The van der Waals surface area contributed by atoms with Crippen molar-refractivity contribution in [3.63, 3.8) is 0 Å². The number of hydrazone groups is 1. The normalized spacial score (nSPS) is 11.3. The molecule has 0 fully saturated rings. The van der Waals surface area contributed by atoms with Crippen molar-refractivity contribution >= 4 is 33.5 Å². The number of amides is 1. The Kier molecular flexibility index (Phi) is 7.82. The van der Waals surface area contributed by atoms with Crippen molar-refractivity contribution in [3.8, 4) is 5.75 Å². The van der Waals surface area contributed by atoms with Crippen LogP contribution in [0.1, 0.15) is 16.7 Å². The first-order chi connectivity index (χ1) is 16.6. The monoisotopic (exact) mass is 496 g/mol. The Balaban J connectivity index is 1.85. The minimum absolute atomic E-state index is 0.0434. The molecule has 0 aliphatic heterocycles. The SMILES string of the molecule is COc1ccc(C=NNC(=O)CN(c2ccc(C)cc2C)S(=O)(=O)c2ccccc2)cc1[N+](=O)[O-]. The summed E-state index contributed by atoms with van der Waals surface area (Å²) in [6.07, 6.45) is 1.22. The number of hydrogen-bond donors (Lipinski definition) is 1. The Hall–Kier alpha value is -4.25. The molecule has 0 saturated heterocycles. The number of methoxy groups -OCH3 is 1. The maximum atomic E-state index is 13.4. The van der Waals surface area contributed by atoms with Gasteiger partial charge < -0.3 is 4.74 Å². The predicted octanol–water partition coefficient (Wildman–Crippen LogP) is 3.57. The summed E-state index contributed by atoms with van der Waals surface area (Å²) in [5.41, 5.74) is 4.38. The van der Waals surface area contributed by atoms with Gasteiger partial charge in [-0.2, -0.15) is 5.10 Å². The van der Waals surface area contributed by atoms with Crippen molar-refractivity contribution in [2.75, 3.05) is 18.0 Å². The number of rotatable bonds is 9. The summed E-state index contributed by atoms with van der Waals surface area (Å²) < 4.78 is 32.8. The molecule has 0 unspecified atom stereocenters. The minimum Gasteiger partial charge on any atom is -0.490 e. The summed E-state index contributed by atoms with van der Waals surface area (Å²) in [6, 6.07) is 17.3. The van der Waals surface area contributed by atoms with Crippen molar-refractivity contribution in [1.29, 1.82) is 0 Å². The number of nitrogens with zero attached hydrogens (tertiary/aromatic N) is 3. The van der Waals surface area contributed by atoms with Crippen LogP contribution in [0.2, 0.25) is 0 Å². The third kappa shape index (κ3) is 6.01. The second-order valence-corrected chi connectivity index (χ2v) is 9.46. The Morgan fingerprint density at radius 2 is 1.83 bits per heavy atom. The highest BCUT2D eigenvalue weighted by Gasteiger charge is 2.28. The van der Waals surface area contributed by atoms with Crippen LogP contribution >= 0.6 is 0 Å². The van der Waals surface area contributed by atoms with E-state index in [1.165, 1.54) is 43.7 Å². The highest BCUT2D eigenvalue weighted by atomic mass is 32.2. The summed E-state index contributed by atoms with van der Waals surface area (Å²) in [6.45, 7) is 3.13. The van der Waals surface area contributed by atoms with E-state index in [4.69, 9.17) is 4.74 Å². The van der Waals surface area contributed by atoms with E-state index in [0.717, 1.165) is 9.87 Å². The number of aryl methyl sites for hydroxylation is 2. The van der Waals surface area contributed by atoms with Gasteiger partial charge in [0.05, 0.1) is 28.8 Å². The molecule has 3 aromatic carbocycles. The number of ether oxygens (including phenoxy) is 1. The van der Waals surface area contributed by atoms with E-state index in [1.807, 2.05) is 13.0 Å². The number of carbonyl (C=O) groups excluding carboxylic acids is 1. The van der Waals surface area contributed by atoms with Gasteiger partial charge in [0, 0.05) is 11.6 Å². The van der Waals surface area contributed by atoms with Gasteiger partial charge in [0.15, 0.2) is 5.75 Å². The van der Waals surface area contributed by atoms with Crippen LogP contribution in [-0.2, 0) is 14.8 Å². The number of carbonyl (C=O) groups is 1. The average molecular weight is 497 g/mol. The van der Waals surface area contributed by atoms with E-state index in [2.05, 4.69) is 10.5 Å². The van der Waals surface area contributed by atoms with E-state index in [0.29, 0.717) is 16.8 Å². The molecule has 0 spiro atoms. The molecule has 182 valence electrons. The molecule has 0 radical (unpaired) electrons. The van der Waals surface area contributed by atoms with Crippen LogP contribution in [-0.4, -0.2) is 39.1 Å². The van der Waals surface area contributed by atoms with Gasteiger partial charge in [-0.15, -0.1) is 0 Å². The molecule has 0 atom stereocenters. The molecule has 1 N–H and O–H groups in total. The first-order valence-electron chi connectivity index (χ1n) is 10.4. The fraction of sp³-hybridized carbons (Fsp3) is 0.167. The first kappa shape index (κ1) is 25.4. The molecule has 0 saturated carbocycles. The highest BCUT2D eigenvalue weighted by molar-refractivity contribution is 7.92. The van der Waals surface area contributed by atoms with Gasteiger partial charge in [-0.1, -0.05) is 35.9 Å². The summed E-state index contributed by atoms with van der Waals surface area (Å²) in [7, 11) is -2.73. The Bertz CT molecular complexity index is 1370. The van der Waals surface area contributed by atoms with E-state index >= 15 is 0 Å². The zero-order chi connectivity index (χ0) is 25.6. The van der Waals surface area contributed by atoms with Crippen molar-refractivity contribution < 1.29 is 22.9 Å². The number of sulfonamides is 1. The number of nitrogens with one attached hydrogen (secondary N) is 1. The summed E-state index contributed by atoms with van der Waals surface area (Å²) in [5.74, 6) is -0.602. The molecular weight excluding hydrogens is 472 g/mol. The third-order valence-electron chi connectivity index (χ3n) is 5.04.